The monoisotopic (exact) mass is 288 g/mol. The summed E-state index contributed by atoms with van der Waals surface area (Å²) < 4.78 is 5.38. The van der Waals surface area contributed by atoms with Crippen molar-refractivity contribution in [3.63, 3.8) is 0 Å². The number of fused-ring (bicyclic) bond motifs is 1. The van der Waals surface area contributed by atoms with Crippen LogP contribution in [0.25, 0.3) is 0 Å². The Morgan fingerprint density at radius 3 is 2.57 bits per heavy atom. The molecular weight excluding hydrogens is 268 g/mol. The molecule has 0 atom stereocenters. The molecule has 2 heterocycles. The van der Waals surface area contributed by atoms with Crippen LogP contribution in [0.15, 0.2) is 18.2 Å². The highest BCUT2D eigenvalue weighted by molar-refractivity contribution is 5.99. The van der Waals surface area contributed by atoms with E-state index in [1.165, 1.54) is 19.3 Å². The minimum Gasteiger partial charge on any atom is -0.482 e. The molecule has 1 aromatic rings. The van der Waals surface area contributed by atoms with E-state index in [0.29, 0.717) is 17.0 Å². The van der Waals surface area contributed by atoms with Crippen LogP contribution in [-0.2, 0) is 4.79 Å². The highest BCUT2D eigenvalue weighted by Gasteiger charge is 2.21. The molecular formula is C16H20N2O3. The van der Waals surface area contributed by atoms with Gasteiger partial charge >= 0.3 is 0 Å². The van der Waals surface area contributed by atoms with Crippen LogP contribution in [0.2, 0.25) is 0 Å². The zero-order valence-corrected chi connectivity index (χ0v) is 12.1. The lowest BCUT2D eigenvalue weighted by Crippen LogP contribution is -2.34. The molecule has 1 saturated heterocycles. The van der Waals surface area contributed by atoms with Crippen molar-refractivity contribution in [2.75, 3.05) is 25.0 Å². The molecule has 2 aliphatic heterocycles. The van der Waals surface area contributed by atoms with Crippen LogP contribution in [0.1, 0.15) is 42.5 Å². The van der Waals surface area contributed by atoms with E-state index >= 15 is 0 Å². The molecule has 2 amide bonds. The second-order valence-electron chi connectivity index (χ2n) is 5.61. The van der Waals surface area contributed by atoms with E-state index in [9.17, 15) is 9.59 Å². The molecule has 0 aromatic heterocycles. The molecule has 1 N–H and O–H groups in total. The van der Waals surface area contributed by atoms with Gasteiger partial charge in [0.05, 0.1) is 5.69 Å². The van der Waals surface area contributed by atoms with Gasteiger partial charge in [-0.1, -0.05) is 19.3 Å². The third-order valence-electron chi connectivity index (χ3n) is 4.00. The molecule has 1 fully saturated rings. The molecule has 21 heavy (non-hydrogen) atoms. The SMILES string of the molecule is O=C1COc2cc(C(=O)N3CCCCCCC3)ccc2N1. The van der Waals surface area contributed by atoms with Gasteiger partial charge in [0.25, 0.3) is 11.8 Å². The van der Waals surface area contributed by atoms with Gasteiger partial charge in [0.15, 0.2) is 6.61 Å². The molecule has 0 aliphatic carbocycles. The maximum atomic E-state index is 12.6. The molecule has 2 aliphatic rings. The summed E-state index contributed by atoms with van der Waals surface area (Å²) in [5.41, 5.74) is 1.26. The first-order chi connectivity index (χ1) is 10.2. The third kappa shape index (κ3) is 3.17. The molecule has 0 radical (unpaired) electrons. The fourth-order valence-electron chi connectivity index (χ4n) is 2.84. The Hall–Kier alpha value is -2.04. The van der Waals surface area contributed by atoms with Gasteiger partial charge in [0, 0.05) is 18.7 Å². The Balaban J connectivity index is 1.76. The van der Waals surface area contributed by atoms with Crippen molar-refractivity contribution in [2.45, 2.75) is 32.1 Å². The predicted octanol–water partition coefficient (Wildman–Crippen LogP) is 2.42. The summed E-state index contributed by atoms with van der Waals surface area (Å²) in [5, 5.41) is 2.73. The zero-order chi connectivity index (χ0) is 14.7. The van der Waals surface area contributed by atoms with Gasteiger partial charge in [-0.15, -0.1) is 0 Å². The lowest BCUT2D eigenvalue weighted by molar-refractivity contribution is -0.118. The lowest BCUT2D eigenvalue weighted by Gasteiger charge is -2.25. The first-order valence-electron chi connectivity index (χ1n) is 7.60. The van der Waals surface area contributed by atoms with Crippen LogP contribution >= 0.6 is 0 Å². The Bertz CT molecular complexity index is 548. The minimum atomic E-state index is -0.162. The number of carbonyl (C=O) groups excluding carboxylic acids is 2. The maximum Gasteiger partial charge on any atom is 0.262 e. The highest BCUT2D eigenvalue weighted by Crippen LogP contribution is 2.29. The summed E-state index contributed by atoms with van der Waals surface area (Å²) in [6.45, 7) is 1.66. The molecule has 5 heteroatoms. The van der Waals surface area contributed by atoms with Crippen LogP contribution in [0.3, 0.4) is 0 Å². The Labute approximate surface area is 124 Å². The van der Waals surface area contributed by atoms with Crippen molar-refractivity contribution in [3.05, 3.63) is 23.8 Å². The summed E-state index contributed by atoms with van der Waals surface area (Å²) in [4.78, 5) is 25.8. The molecule has 0 bridgehead atoms. The lowest BCUT2D eigenvalue weighted by atomic mass is 10.1. The number of benzene rings is 1. The molecule has 1 aromatic carbocycles. The Kier molecular flexibility index (Phi) is 4.08. The van der Waals surface area contributed by atoms with Gasteiger partial charge < -0.3 is 15.0 Å². The molecule has 0 spiro atoms. The number of nitrogens with one attached hydrogen (secondary N) is 1. The number of hydrogen-bond donors (Lipinski definition) is 1. The number of rotatable bonds is 1. The molecule has 0 unspecified atom stereocenters. The third-order valence-corrected chi connectivity index (χ3v) is 4.00. The smallest absolute Gasteiger partial charge is 0.262 e. The number of amides is 2. The molecule has 5 nitrogen and oxygen atoms in total. The average Bonchev–Trinajstić information content (AvgIpc) is 2.46. The first-order valence-corrected chi connectivity index (χ1v) is 7.60. The molecule has 112 valence electrons. The van der Waals surface area contributed by atoms with Crippen molar-refractivity contribution in [1.82, 2.24) is 4.90 Å². The van der Waals surface area contributed by atoms with E-state index in [0.717, 1.165) is 25.9 Å². The van der Waals surface area contributed by atoms with Crippen molar-refractivity contribution >= 4 is 17.5 Å². The second-order valence-corrected chi connectivity index (χ2v) is 5.61. The quantitative estimate of drug-likeness (QED) is 0.863. The van der Waals surface area contributed by atoms with E-state index < -0.39 is 0 Å². The summed E-state index contributed by atoms with van der Waals surface area (Å²) in [6, 6.07) is 5.23. The number of hydrogen-bond acceptors (Lipinski definition) is 3. The van der Waals surface area contributed by atoms with Gasteiger partial charge in [-0.25, -0.2) is 0 Å². The fraction of sp³-hybridized carbons (Fsp3) is 0.500. The Morgan fingerprint density at radius 2 is 1.81 bits per heavy atom. The standard InChI is InChI=1S/C16H20N2O3/c19-15-11-21-14-10-12(6-7-13(14)17-15)16(20)18-8-4-2-1-3-5-9-18/h6-7,10H,1-5,8-9,11H2,(H,17,19). The fourth-order valence-corrected chi connectivity index (χ4v) is 2.84. The van der Waals surface area contributed by atoms with Gasteiger partial charge in [0.2, 0.25) is 0 Å². The van der Waals surface area contributed by atoms with Gasteiger partial charge in [-0.3, -0.25) is 9.59 Å². The highest BCUT2D eigenvalue weighted by atomic mass is 16.5. The normalized spacial score (nSPS) is 18.9. The Morgan fingerprint density at radius 1 is 1.10 bits per heavy atom. The van der Waals surface area contributed by atoms with Crippen molar-refractivity contribution in [3.8, 4) is 5.75 Å². The summed E-state index contributed by atoms with van der Waals surface area (Å²) in [7, 11) is 0. The van der Waals surface area contributed by atoms with E-state index in [-0.39, 0.29) is 18.4 Å². The van der Waals surface area contributed by atoms with Gasteiger partial charge in [0.1, 0.15) is 5.75 Å². The first kappa shape index (κ1) is 13.9. The number of anilines is 1. The number of ether oxygens (including phenoxy) is 1. The van der Waals surface area contributed by atoms with Crippen molar-refractivity contribution in [2.24, 2.45) is 0 Å². The summed E-state index contributed by atoms with van der Waals surface area (Å²) >= 11 is 0. The van der Waals surface area contributed by atoms with E-state index in [2.05, 4.69) is 5.32 Å². The van der Waals surface area contributed by atoms with Gasteiger partial charge in [-0.05, 0) is 31.0 Å². The van der Waals surface area contributed by atoms with Crippen LogP contribution in [0.4, 0.5) is 5.69 Å². The van der Waals surface area contributed by atoms with E-state index in [4.69, 9.17) is 4.74 Å². The van der Waals surface area contributed by atoms with E-state index in [1.807, 2.05) is 4.90 Å². The number of likely N-dealkylation sites (tertiary alicyclic amines) is 1. The summed E-state index contributed by atoms with van der Waals surface area (Å²) in [6.07, 6.45) is 5.81. The zero-order valence-electron chi connectivity index (χ0n) is 12.1. The molecule has 0 saturated carbocycles. The maximum absolute atomic E-state index is 12.6. The number of nitrogens with zero attached hydrogens (tertiary/aromatic N) is 1. The van der Waals surface area contributed by atoms with Crippen molar-refractivity contribution in [1.29, 1.82) is 0 Å². The second kappa shape index (κ2) is 6.16. The van der Waals surface area contributed by atoms with Gasteiger partial charge in [-0.2, -0.15) is 0 Å². The largest absolute Gasteiger partial charge is 0.482 e. The van der Waals surface area contributed by atoms with Crippen LogP contribution in [-0.4, -0.2) is 36.4 Å². The van der Waals surface area contributed by atoms with Crippen LogP contribution < -0.4 is 10.1 Å². The van der Waals surface area contributed by atoms with Crippen molar-refractivity contribution < 1.29 is 14.3 Å². The average molecular weight is 288 g/mol. The topological polar surface area (TPSA) is 58.6 Å². The minimum absolute atomic E-state index is 0.00829. The molecule has 3 rings (SSSR count). The van der Waals surface area contributed by atoms with E-state index in [1.54, 1.807) is 18.2 Å². The van der Waals surface area contributed by atoms with Crippen LogP contribution in [0.5, 0.6) is 5.75 Å². The summed E-state index contributed by atoms with van der Waals surface area (Å²) in [5.74, 6) is 0.470. The van der Waals surface area contributed by atoms with Crippen LogP contribution in [0, 0.1) is 0 Å². The predicted molar refractivity (Wildman–Crippen MR) is 79.6 cm³/mol. The number of carbonyl (C=O) groups is 2.